The fraction of sp³-hybridized carbons (Fsp3) is 0.370. The Bertz CT molecular complexity index is 1210. The third-order valence-corrected chi connectivity index (χ3v) is 7.51. The first-order valence-corrected chi connectivity index (χ1v) is 13.2. The summed E-state index contributed by atoms with van der Waals surface area (Å²) in [5.41, 5.74) is 4.13. The van der Waals surface area contributed by atoms with Gasteiger partial charge in [-0.2, -0.15) is 0 Å². The molecule has 2 amide bonds. The number of imidazole rings is 1. The molecule has 0 saturated carbocycles. The van der Waals surface area contributed by atoms with Crippen LogP contribution in [0, 0.1) is 9.49 Å². The van der Waals surface area contributed by atoms with E-state index < -0.39 is 12.1 Å². The summed E-state index contributed by atoms with van der Waals surface area (Å²) in [5.74, 6) is 0.571. The van der Waals surface area contributed by atoms with Crippen LogP contribution in [0.4, 0.5) is 16.2 Å². The number of hydrogen-bond acceptors (Lipinski definition) is 5. The van der Waals surface area contributed by atoms with Crippen LogP contribution in [-0.4, -0.2) is 53.6 Å². The lowest BCUT2D eigenvalue weighted by Gasteiger charge is -2.30. The SMILES string of the molecule is COC(=O)N[C@H](C(=O)N1CCCC1c1ncc(-c2ccc(I)c(N(C)c3ccccc3)c2)[nH]1)C(C)C. The second-order valence-electron chi connectivity index (χ2n) is 9.29. The van der Waals surface area contributed by atoms with E-state index in [0.29, 0.717) is 6.54 Å². The number of alkyl carbamates (subject to hydrolysis) is 1. The number of H-pyrrole nitrogens is 1. The topological polar surface area (TPSA) is 90.6 Å². The van der Waals surface area contributed by atoms with Gasteiger partial charge in [0.05, 0.1) is 30.7 Å². The fourth-order valence-electron chi connectivity index (χ4n) is 4.57. The van der Waals surface area contributed by atoms with Crippen molar-refractivity contribution in [2.75, 3.05) is 25.6 Å². The Morgan fingerprint density at radius 1 is 1.22 bits per heavy atom. The highest BCUT2D eigenvalue weighted by atomic mass is 127. The highest BCUT2D eigenvalue weighted by Gasteiger charge is 2.37. The third kappa shape index (κ3) is 5.50. The number of carbonyl (C=O) groups excluding carboxylic acids is 2. The van der Waals surface area contributed by atoms with Gasteiger partial charge in [0.2, 0.25) is 5.91 Å². The summed E-state index contributed by atoms with van der Waals surface area (Å²) in [6, 6.07) is 15.8. The van der Waals surface area contributed by atoms with Gasteiger partial charge in [-0.25, -0.2) is 9.78 Å². The number of para-hydroxylation sites is 1. The normalized spacial score (nSPS) is 16.2. The van der Waals surface area contributed by atoms with Crippen molar-refractivity contribution >= 4 is 46.0 Å². The molecule has 190 valence electrons. The van der Waals surface area contributed by atoms with E-state index in [1.54, 1.807) is 0 Å². The molecule has 36 heavy (non-hydrogen) atoms. The van der Waals surface area contributed by atoms with Crippen LogP contribution >= 0.6 is 22.6 Å². The molecule has 2 N–H and O–H groups in total. The van der Waals surface area contributed by atoms with E-state index in [9.17, 15) is 9.59 Å². The average molecular weight is 601 g/mol. The van der Waals surface area contributed by atoms with Crippen molar-refractivity contribution in [2.45, 2.75) is 38.8 Å². The lowest BCUT2D eigenvalue weighted by molar-refractivity contribution is -0.135. The summed E-state index contributed by atoms with van der Waals surface area (Å²) < 4.78 is 5.87. The summed E-state index contributed by atoms with van der Waals surface area (Å²) >= 11 is 2.36. The maximum Gasteiger partial charge on any atom is 0.407 e. The smallest absolute Gasteiger partial charge is 0.407 e. The summed E-state index contributed by atoms with van der Waals surface area (Å²) in [6.07, 6.45) is 2.92. The minimum Gasteiger partial charge on any atom is -0.453 e. The molecule has 2 atom stereocenters. The molecule has 9 heteroatoms. The number of rotatable bonds is 7. The number of carbonyl (C=O) groups is 2. The molecular weight excluding hydrogens is 569 g/mol. The zero-order valence-electron chi connectivity index (χ0n) is 21.0. The third-order valence-electron chi connectivity index (χ3n) is 6.60. The van der Waals surface area contributed by atoms with E-state index in [1.165, 1.54) is 7.11 Å². The van der Waals surface area contributed by atoms with Crippen LogP contribution < -0.4 is 10.2 Å². The zero-order chi connectivity index (χ0) is 25.8. The molecule has 1 fully saturated rings. The standard InChI is InChI=1S/C27H32IN5O3/c1-17(2)24(31-27(35)36-4)26(34)33-14-8-11-22(33)25-29-16-21(30-25)18-12-13-20(28)23(15-18)32(3)19-9-6-5-7-10-19/h5-7,9-10,12-13,15-17,22,24H,8,11,14H2,1-4H3,(H,29,30)(H,31,35)/t22?,24-/m0/s1. The van der Waals surface area contributed by atoms with E-state index in [2.05, 4.69) is 80.2 Å². The number of benzene rings is 2. The highest BCUT2D eigenvalue weighted by Crippen LogP contribution is 2.35. The molecule has 1 aromatic heterocycles. The quantitative estimate of drug-likeness (QED) is 0.350. The zero-order valence-corrected chi connectivity index (χ0v) is 23.2. The summed E-state index contributed by atoms with van der Waals surface area (Å²) in [6.45, 7) is 4.45. The first-order chi connectivity index (χ1) is 17.3. The van der Waals surface area contributed by atoms with Gasteiger partial charge >= 0.3 is 6.09 Å². The molecule has 0 bridgehead atoms. The number of methoxy groups -OCH3 is 1. The van der Waals surface area contributed by atoms with Crippen molar-refractivity contribution in [3.63, 3.8) is 0 Å². The predicted molar refractivity (Wildman–Crippen MR) is 149 cm³/mol. The van der Waals surface area contributed by atoms with E-state index in [4.69, 9.17) is 4.74 Å². The number of ether oxygens (including phenoxy) is 1. The number of amides is 2. The molecule has 3 aromatic rings. The van der Waals surface area contributed by atoms with E-state index >= 15 is 0 Å². The first-order valence-electron chi connectivity index (χ1n) is 12.1. The lowest BCUT2D eigenvalue weighted by Crippen LogP contribution is -2.51. The predicted octanol–water partition coefficient (Wildman–Crippen LogP) is 5.49. The van der Waals surface area contributed by atoms with Crippen molar-refractivity contribution in [1.82, 2.24) is 20.2 Å². The molecule has 8 nitrogen and oxygen atoms in total. The van der Waals surface area contributed by atoms with Crippen LogP contribution in [-0.2, 0) is 9.53 Å². The Labute approximate surface area is 225 Å². The van der Waals surface area contributed by atoms with Crippen LogP contribution in [0.25, 0.3) is 11.3 Å². The Hall–Kier alpha value is -3.08. The average Bonchev–Trinajstić information content (AvgIpc) is 3.57. The summed E-state index contributed by atoms with van der Waals surface area (Å²) in [7, 11) is 3.36. The van der Waals surface area contributed by atoms with Crippen molar-refractivity contribution in [3.05, 3.63) is 64.1 Å². The van der Waals surface area contributed by atoms with Crippen LogP contribution in [0.2, 0.25) is 0 Å². The number of likely N-dealkylation sites (tertiary alicyclic amines) is 1. The molecule has 1 unspecified atom stereocenters. The van der Waals surface area contributed by atoms with Crippen LogP contribution in [0.5, 0.6) is 0 Å². The number of aromatic nitrogens is 2. The Morgan fingerprint density at radius 3 is 2.67 bits per heavy atom. The molecule has 4 rings (SSSR count). The number of halogens is 1. The Balaban J connectivity index is 1.57. The highest BCUT2D eigenvalue weighted by molar-refractivity contribution is 14.1. The van der Waals surface area contributed by atoms with Crippen molar-refractivity contribution in [3.8, 4) is 11.3 Å². The Kier molecular flexibility index (Phi) is 8.17. The van der Waals surface area contributed by atoms with Gasteiger partial charge in [-0.3, -0.25) is 4.79 Å². The molecular formula is C27H32IN5O3. The minimum absolute atomic E-state index is 0.0724. The monoisotopic (exact) mass is 601 g/mol. The van der Waals surface area contributed by atoms with Gasteiger partial charge in [-0.1, -0.05) is 38.1 Å². The van der Waals surface area contributed by atoms with Crippen molar-refractivity contribution in [2.24, 2.45) is 5.92 Å². The maximum atomic E-state index is 13.4. The van der Waals surface area contributed by atoms with Gasteiger partial charge < -0.3 is 24.8 Å². The second-order valence-corrected chi connectivity index (χ2v) is 10.5. The molecule has 0 aliphatic carbocycles. The van der Waals surface area contributed by atoms with E-state index in [1.807, 2.05) is 43.1 Å². The Morgan fingerprint density at radius 2 is 1.97 bits per heavy atom. The molecule has 0 radical (unpaired) electrons. The van der Waals surface area contributed by atoms with Gasteiger partial charge in [0.25, 0.3) is 0 Å². The second kappa shape index (κ2) is 11.3. The number of nitrogens with zero attached hydrogens (tertiary/aromatic N) is 3. The van der Waals surface area contributed by atoms with Gasteiger partial charge in [0.15, 0.2) is 0 Å². The van der Waals surface area contributed by atoms with E-state index in [0.717, 1.165) is 44.9 Å². The minimum atomic E-state index is -0.653. The summed E-state index contributed by atoms with van der Waals surface area (Å²) in [5, 5.41) is 2.69. The van der Waals surface area contributed by atoms with Gasteiger partial charge in [0.1, 0.15) is 11.9 Å². The van der Waals surface area contributed by atoms with Gasteiger partial charge in [0, 0.05) is 28.4 Å². The van der Waals surface area contributed by atoms with Crippen molar-refractivity contribution < 1.29 is 14.3 Å². The molecule has 2 aromatic carbocycles. The number of nitrogens with one attached hydrogen (secondary N) is 2. The van der Waals surface area contributed by atoms with Crippen LogP contribution in [0.15, 0.2) is 54.7 Å². The number of aromatic amines is 1. The largest absolute Gasteiger partial charge is 0.453 e. The first kappa shape index (κ1) is 26.0. The van der Waals surface area contributed by atoms with Gasteiger partial charge in [-0.15, -0.1) is 0 Å². The molecule has 1 saturated heterocycles. The van der Waals surface area contributed by atoms with Crippen LogP contribution in [0.1, 0.15) is 38.6 Å². The van der Waals surface area contributed by atoms with Gasteiger partial charge in [-0.05, 0) is 65.6 Å². The van der Waals surface area contributed by atoms with E-state index in [-0.39, 0.29) is 17.9 Å². The van der Waals surface area contributed by atoms with Crippen molar-refractivity contribution in [1.29, 1.82) is 0 Å². The fourth-order valence-corrected chi connectivity index (χ4v) is 5.27. The molecule has 1 aliphatic heterocycles. The number of hydrogen-bond donors (Lipinski definition) is 2. The molecule has 0 spiro atoms. The maximum absolute atomic E-state index is 13.4. The number of anilines is 2. The molecule has 2 heterocycles. The lowest BCUT2D eigenvalue weighted by atomic mass is 10.0. The van der Waals surface area contributed by atoms with Crippen LogP contribution in [0.3, 0.4) is 0 Å². The molecule has 1 aliphatic rings. The summed E-state index contributed by atoms with van der Waals surface area (Å²) in [4.78, 5) is 37.3.